The van der Waals surface area contributed by atoms with Crippen molar-refractivity contribution in [1.82, 2.24) is 20.0 Å². The number of fused-ring (bicyclic) bond motifs is 1. The van der Waals surface area contributed by atoms with Gasteiger partial charge in [0.15, 0.2) is 5.82 Å². The Labute approximate surface area is 191 Å². The maximum atomic E-state index is 12.4. The molecule has 0 spiro atoms. The van der Waals surface area contributed by atoms with E-state index in [0.29, 0.717) is 18.3 Å². The second-order valence-corrected chi connectivity index (χ2v) is 9.46. The molecule has 0 radical (unpaired) electrons. The second kappa shape index (κ2) is 10.5. The fraction of sp³-hybridized carbons (Fsp3) is 0.640. The van der Waals surface area contributed by atoms with E-state index in [0.717, 1.165) is 23.1 Å². The van der Waals surface area contributed by atoms with Crippen LogP contribution in [0.4, 0.5) is 10.6 Å². The lowest BCUT2D eigenvalue weighted by Crippen LogP contribution is -2.39. The molecule has 174 valence electrons. The van der Waals surface area contributed by atoms with Crippen molar-refractivity contribution in [3.63, 3.8) is 0 Å². The Kier molecular flexibility index (Phi) is 7.45. The molecule has 0 atom stereocenters. The Morgan fingerprint density at radius 3 is 2.62 bits per heavy atom. The molecule has 1 aliphatic carbocycles. The van der Waals surface area contributed by atoms with Gasteiger partial charge in [0.2, 0.25) is 0 Å². The SMILES string of the molecule is CNC(=O)N(CCC=O)c1nn(C)c2cc(C3CCN(CC4CCCCC4)CC3)ccc12. The smallest absolute Gasteiger partial charge is 0.322 e. The molecule has 1 aromatic carbocycles. The molecule has 0 unspecified atom stereocenters. The summed E-state index contributed by atoms with van der Waals surface area (Å²) in [7, 11) is 3.52. The standard InChI is InChI=1S/C25H37N5O2/c1-26-25(32)30(13-6-16-31)24-22-10-9-21(17-23(22)28(2)27-24)20-11-14-29(15-12-20)18-19-7-4-3-5-8-19/h9-10,16-17,19-20H,3-8,11-15,18H2,1-2H3,(H,26,32). The second-order valence-electron chi connectivity index (χ2n) is 9.46. The zero-order valence-electron chi connectivity index (χ0n) is 19.6. The van der Waals surface area contributed by atoms with Crippen molar-refractivity contribution in [3.8, 4) is 0 Å². The number of anilines is 1. The zero-order valence-corrected chi connectivity index (χ0v) is 19.6. The Morgan fingerprint density at radius 2 is 1.94 bits per heavy atom. The zero-order chi connectivity index (χ0) is 22.5. The molecule has 2 amide bonds. The van der Waals surface area contributed by atoms with Crippen LogP contribution in [-0.2, 0) is 11.8 Å². The van der Waals surface area contributed by atoms with Gasteiger partial charge < -0.3 is 15.0 Å². The average Bonchev–Trinajstić information content (AvgIpc) is 3.16. The number of nitrogens with zero attached hydrogens (tertiary/aromatic N) is 4. The van der Waals surface area contributed by atoms with Gasteiger partial charge in [-0.25, -0.2) is 4.79 Å². The van der Waals surface area contributed by atoms with Crippen molar-refractivity contribution in [3.05, 3.63) is 23.8 Å². The molecule has 1 N–H and O–H groups in total. The highest BCUT2D eigenvalue weighted by Crippen LogP contribution is 2.34. The van der Waals surface area contributed by atoms with Gasteiger partial charge in [0, 0.05) is 39.0 Å². The highest BCUT2D eigenvalue weighted by molar-refractivity contribution is 6.01. The number of hydrogen-bond donors (Lipinski definition) is 1. The minimum absolute atomic E-state index is 0.249. The number of piperidine rings is 1. The quantitative estimate of drug-likeness (QED) is 0.660. The summed E-state index contributed by atoms with van der Waals surface area (Å²) in [5, 5.41) is 8.24. The highest BCUT2D eigenvalue weighted by atomic mass is 16.2. The molecule has 1 saturated carbocycles. The first kappa shape index (κ1) is 22.8. The summed E-state index contributed by atoms with van der Waals surface area (Å²) in [5.74, 6) is 2.09. The number of likely N-dealkylation sites (tertiary alicyclic amines) is 1. The van der Waals surface area contributed by atoms with Crippen LogP contribution in [0.1, 0.15) is 62.8 Å². The molecule has 1 aliphatic heterocycles. The van der Waals surface area contributed by atoms with Gasteiger partial charge >= 0.3 is 6.03 Å². The number of hydrogen-bond acceptors (Lipinski definition) is 4. The molecule has 4 rings (SSSR count). The molecule has 0 bridgehead atoms. The van der Waals surface area contributed by atoms with Crippen LogP contribution in [0.5, 0.6) is 0 Å². The molecule has 7 nitrogen and oxygen atoms in total. The number of aryl methyl sites for hydroxylation is 1. The summed E-state index contributed by atoms with van der Waals surface area (Å²) >= 11 is 0. The Bertz CT molecular complexity index is 926. The van der Waals surface area contributed by atoms with Gasteiger partial charge in [0.05, 0.1) is 5.52 Å². The first-order chi connectivity index (χ1) is 15.6. The lowest BCUT2D eigenvalue weighted by molar-refractivity contribution is -0.107. The average molecular weight is 440 g/mol. The monoisotopic (exact) mass is 439 g/mol. The summed E-state index contributed by atoms with van der Waals surface area (Å²) < 4.78 is 1.85. The van der Waals surface area contributed by atoms with Crippen molar-refractivity contribution in [1.29, 1.82) is 0 Å². The lowest BCUT2D eigenvalue weighted by Gasteiger charge is -2.35. The summed E-state index contributed by atoms with van der Waals surface area (Å²) in [6.45, 7) is 3.97. The minimum atomic E-state index is -0.249. The number of carbonyl (C=O) groups excluding carboxylic acids is 2. The van der Waals surface area contributed by atoms with Gasteiger partial charge in [0.1, 0.15) is 6.29 Å². The lowest BCUT2D eigenvalue weighted by atomic mass is 9.86. The Morgan fingerprint density at radius 1 is 1.19 bits per heavy atom. The van der Waals surface area contributed by atoms with E-state index in [9.17, 15) is 9.59 Å². The van der Waals surface area contributed by atoms with Crippen molar-refractivity contribution in [2.24, 2.45) is 13.0 Å². The first-order valence-corrected chi connectivity index (χ1v) is 12.2. The maximum Gasteiger partial charge on any atom is 0.322 e. The minimum Gasteiger partial charge on any atom is -0.341 e. The number of aldehydes is 1. The fourth-order valence-corrected chi connectivity index (χ4v) is 5.51. The third-order valence-electron chi connectivity index (χ3n) is 7.34. The number of amides is 2. The van der Waals surface area contributed by atoms with Crippen molar-refractivity contribution in [2.75, 3.05) is 38.1 Å². The summed E-state index contributed by atoms with van der Waals surface area (Å²) in [6, 6.07) is 6.30. The molecule has 2 heterocycles. The van der Waals surface area contributed by atoms with E-state index in [1.807, 2.05) is 11.7 Å². The number of benzene rings is 1. The first-order valence-electron chi connectivity index (χ1n) is 12.2. The topological polar surface area (TPSA) is 70.5 Å². The van der Waals surface area contributed by atoms with Gasteiger partial charge in [-0.2, -0.15) is 5.10 Å². The Balaban J connectivity index is 1.46. The number of carbonyl (C=O) groups is 2. The van der Waals surface area contributed by atoms with E-state index in [1.54, 1.807) is 11.9 Å². The molecular formula is C25H37N5O2. The Hall–Kier alpha value is -2.41. The third kappa shape index (κ3) is 4.98. The van der Waals surface area contributed by atoms with E-state index in [1.165, 1.54) is 70.1 Å². The number of rotatable bonds is 7. The molecule has 1 saturated heterocycles. The number of nitrogens with one attached hydrogen (secondary N) is 1. The van der Waals surface area contributed by atoms with E-state index in [-0.39, 0.29) is 12.5 Å². The van der Waals surface area contributed by atoms with E-state index >= 15 is 0 Å². The third-order valence-corrected chi connectivity index (χ3v) is 7.34. The van der Waals surface area contributed by atoms with Crippen molar-refractivity contribution >= 4 is 29.0 Å². The van der Waals surface area contributed by atoms with Gasteiger partial charge in [-0.05, 0) is 68.3 Å². The van der Waals surface area contributed by atoms with Crippen LogP contribution in [0.15, 0.2) is 18.2 Å². The van der Waals surface area contributed by atoms with Crippen LogP contribution in [0.25, 0.3) is 10.9 Å². The van der Waals surface area contributed by atoms with Crippen LogP contribution in [0, 0.1) is 5.92 Å². The predicted molar refractivity (Wildman–Crippen MR) is 128 cm³/mol. The summed E-state index contributed by atoms with van der Waals surface area (Å²) in [4.78, 5) is 27.5. The van der Waals surface area contributed by atoms with Gasteiger partial charge in [0.25, 0.3) is 0 Å². The molecule has 1 aromatic heterocycles. The van der Waals surface area contributed by atoms with Crippen molar-refractivity contribution < 1.29 is 9.59 Å². The largest absolute Gasteiger partial charge is 0.341 e. The van der Waals surface area contributed by atoms with E-state index in [2.05, 4.69) is 33.5 Å². The molecule has 2 aliphatic rings. The van der Waals surface area contributed by atoms with E-state index < -0.39 is 0 Å². The van der Waals surface area contributed by atoms with Crippen LogP contribution >= 0.6 is 0 Å². The fourth-order valence-electron chi connectivity index (χ4n) is 5.51. The van der Waals surface area contributed by atoms with Crippen LogP contribution in [0.2, 0.25) is 0 Å². The van der Waals surface area contributed by atoms with Crippen LogP contribution < -0.4 is 10.2 Å². The summed E-state index contributed by atoms with van der Waals surface area (Å²) in [6.07, 6.45) is 10.6. The van der Waals surface area contributed by atoms with Crippen LogP contribution in [-0.4, -0.2) is 60.2 Å². The normalized spacial score (nSPS) is 18.7. The number of aromatic nitrogens is 2. The van der Waals surface area contributed by atoms with Gasteiger partial charge in [-0.3, -0.25) is 9.58 Å². The number of urea groups is 1. The molecule has 7 heteroatoms. The molecule has 2 fully saturated rings. The molecule has 2 aromatic rings. The molecular weight excluding hydrogens is 402 g/mol. The highest BCUT2D eigenvalue weighted by Gasteiger charge is 2.25. The molecule has 32 heavy (non-hydrogen) atoms. The van der Waals surface area contributed by atoms with Gasteiger partial charge in [-0.1, -0.05) is 25.3 Å². The van der Waals surface area contributed by atoms with Gasteiger partial charge in [-0.15, -0.1) is 0 Å². The maximum absolute atomic E-state index is 12.4. The van der Waals surface area contributed by atoms with Crippen molar-refractivity contribution in [2.45, 2.75) is 57.3 Å². The predicted octanol–water partition coefficient (Wildman–Crippen LogP) is 4.07. The van der Waals surface area contributed by atoms with Crippen LogP contribution in [0.3, 0.4) is 0 Å². The van der Waals surface area contributed by atoms with E-state index in [4.69, 9.17) is 0 Å². The summed E-state index contributed by atoms with van der Waals surface area (Å²) in [5.41, 5.74) is 2.39.